The minimum absolute atomic E-state index is 0.482. The first-order chi connectivity index (χ1) is 10.6. The van der Waals surface area contributed by atoms with E-state index in [0.717, 1.165) is 21.5 Å². The second-order valence-electron chi connectivity index (χ2n) is 5.27. The van der Waals surface area contributed by atoms with E-state index in [9.17, 15) is 0 Å². The number of benzene rings is 1. The maximum absolute atomic E-state index is 6.35. The highest BCUT2D eigenvalue weighted by Gasteiger charge is 2.26. The summed E-state index contributed by atoms with van der Waals surface area (Å²) in [6.45, 7) is 0. The molecular weight excluding hydrogens is 386 g/mol. The van der Waals surface area contributed by atoms with Crippen molar-refractivity contribution in [3.05, 3.63) is 44.2 Å². The van der Waals surface area contributed by atoms with E-state index in [4.69, 9.17) is 23.8 Å². The first-order valence-electron chi connectivity index (χ1n) is 6.82. The van der Waals surface area contributed by atoms with Crippen LogP contribution in [0.5, 0.6) is 0 Å². The third kappa shape index (κ3) is 2.43. The van der Waals surface area contributed by atoms with Gasteiger partial charge in [-0.1, -0.05) is 27.5 Å². The van der Waals surface area contributed by atoms with E-state index in [1.165, 1.54) is 12.8 Å². The quantitative estimate of drug-likeness (QED) is 0.635. The Morgan fingerprint density at radius 3 is 2.77 bits per heavy atom. The van der Waals surface area contributed by atoms with Crippen molar-refractivity contribution in [2.45, 2.75) is 18.8 Å². The van der Waals surface area contributed by atoms with Crippen LogP contribution in [-0.2, 0) is 0 Å². The van der Waals surface area contributed by atoms with Gasteiger partial charge < -0.3 is 0 Å². The van der Waals surface area contributed by atoms with Crippen molar-refractivity contribution in [3.63, 3.8) is 0 Å². The zero-order chi connectivity index (χ0) is 15.3. The summed E-state index contributed by atoms with van der Waals surface area (Å²) in [5, 5.41) is 15.2. The van der Waals surface area contributed by atoms with Crippen LogP contribution in [0.1, 0.15) is 24.5 Å². The first-order valence-corrected chi connectivity index (χ1v) is 8.40. The molecule has 1 aliphatic rings. The SMILES string of the molecule is S=c1[nH]nc(-c2cc(C3CC3)[nH]n2)n1-c1ccc(Br)cc1Cl. The third-order valence-electron chi connectivity index (χ3n) is 3.67. The summed E-state index contributed by atoms with van der Waals surface area (Å²) in [5.74, 6) is 1.25. The van der Waals surface area contributed by atoms with Gasteiger partial charge in [0.2, 0.25) is 0 Å². The molecule has 3 aromatic rings. The number of nitrogens with one attached hydrogen (secondary N) is 2. The van der Waals surface area contributed by atoms with E-state index < -0.39 is 0 Å². The van der Waals surface area contributed by atoms with Gasteiger partial charge in [-0.3, -0.25) is 14.8 Å². The van der Waals surface area contributed by atoms with Crippen molar-refractivity contribution in [1.29, 1.82) is 0 Å². The van der Waals surface area contributed by atoms with Gasteiger partial charge in [0.1, 0.15) is 5.69 Å². The van der Waals surface area contributed by atoms with E-state index in [-0.39, 0.29) is 0 Å². The van der Waals surface area contributed by atoms with Crippen LogP contribution in [0.3, 0.4) is 0 Å². The van der Waals surface area contributed by atoms with Gasteiger partial charge in [-0.05, 0) is 49.3 Å². The lowest BCUT2D eigenvalue weighted by molar-refractivity contribution is 0.958. The number of nitrogens with zero attached hydrogens (tertiary/aromatic N) is 3. The second kappa shape index (κ2) is 5.33. The molecule has 8 heteroatoms. The Morgan fingerprint density at radius 1 is 1.23 bits per heavy atom. The molecular formula is C14H11BrClN5S. The van der Waals surface area contributed by atoms with Crippen molar-refractivity contribution in [1.82, 2.24) is 25.0 Å². The van der Waals surface area contributed by atoms with Gasteiger partial charge in [-0.2, -0.15) is 10.2 Å². The number of aromatic amines is 2. The number of halogens is 2. The number of H-pyrrole nitrogens is 2. The van der Waals surface area contributed by atoms with Crippen LogP contribution in [0.4, 0.5) is 0 Å². The number of hydrogen-bond acceptors (Lipinski definition) is 3. The van der Waals surface area contributed by atoms with Crippen LogP contribution in [0.2, 0.25) is 5.02 Å². The molecule has 0 radical (unpaired) electrons. The fourth-order valence-electron chi connectivity index (χ4n) is 2.41. The standard InChI is InChI=1S/C14H11BrClN5S/c15-8-3-4-12(9(16)5-8)21-13(19-20-14(21)22)11-6-10(17-18-11)7-1-2-7/h3-7H,1-2H2,(H,17,18)(H,20,22). The maximum Gasteiger partial charge on any atom is 0.200 e. The van der Waals surface area contributed by atoms with Gasteiger partial charge in [0, 0.05) is 16.1 Å². The normalized spacial score (nSPS) is 14.5. The molecule has 22 heavy (non-hydrogen) atoms. The molecule has 5 nitrogen and oxygen atoms in total. The molecule has 1 aromatic carbocycles. The van der Waals surface area contributed by atoms with Crippen LogP contribution in [0.25, 0.3) is 17.2 Å². The topological polar surface area (TPSA) is 62.3 Å². The summed E-state index contributed by atoms with van der Waals surface area (Å²) in [5.41, 5.74) is 2.68. The first kappa shape index (κ1) is 14.2. The molecule has 2 heterocycles. The van der Waals surface area contributed by atoms with E-state index >= 15 is 0 Å². The highest BCUT2D eigenvalue weighted by atomic mass is 79.9. The largest absolute Gasteiger partial charge is 0.282 e. The molecule has 0 spiro atoms. The Bertz CT molecular complexity index is 908. The fraction of sp³-hybridized carbons (Fsp3) is 0.214. The molecule has 0 saturated heterocycles. The Labute approximate surface area is 144 Å². The van der Waals surface area contributed by atoms with Crippen LogP contribution < -0.4 is 0 Å². The lowest BCUT2D eigenvalue weighted by atomic mass is 10.2. The minimum Gasteiger partial charge on any atom is -0.282 e. The summed E-state index contributed by atoms with van der Waals surface area (Å²) >= 11 is 15.1. The fourth-order valence-corrected chi connectivity index (χ4v) is 3.40. The lowest BCUT2D eigenvalue weighted by Gasteiger charge is -2.07. The van der Waals surface area contributed by atoms with Crippen LogP contribution >= 0.6 is 39.7 Å². The van der Waals surface area contributed by atoms with Crippen molar-refractivity contribution in [2.24, 2.45) is 0 Å². The van der Waals surface area contributed by atoms with Crippen molar-refractivity contribution in [3.8, 4) is 17.2 Å². The molecule has 0 unspecified atom stereocenters. The van der Waals surface area contributed by atoms with Gasteiger partial charge in [0.25, 0.3) is 0 Å². The van der Waals surface area contributed by atoms with Gasteiger partial charge in [0.05, 0.1) is 10.7 Å². The molecule has 1 fully saturated rings. The van der Waals surface area contributed by atoms with E-state index in [0.29, 0.717) is 21.5 Å². The van der Waals surface area contributed by atoms with Crippen LogP contribution in [0, 0.1) is 4.77 Å². The summed E-state index contributed by atoms with van der Waals surface area (Å²) in [6, 6.07) is 7.68. The number of aromatic nitrogens is 5. The third-order valence-corrected chi connectivity index (χ3v) is 4.74. The van der Waals surface area contributed by atoms with Crippen molar-refractivity contribution < 1.29 is 0 Å². The number of rotatable bonds is 3. The molecule has 1 saturated carbocycles. The molecule has 0 atom stereocenters. The van der Waals surface area contributed by atoms with Gasteiger partial charge in [-0.25, -0.2) is 0 Å². The predicted molar refractivity (Wildman–Crippen MR) is 91.0 cm³/mol. The summed E-state index contributed by atoms with van der Waals surface area (Å²) in [7, 11) is 0. The molecule has 2 aromatic heterocycles. The Balaban J connectivity index is 1.85. The molecule has 1 aliphatic carbocycles. The van der Waals surface area contributed by atoms with Crippen molar-refractivity contribution >= 4 is 39.7 Å². The average Bonchev–Trinajstić information content (AvgIpc) is 3.10. The predicted octanol–water partition coefficient (Wildman–Crippen LogP) is 4.61. The highest BCUT2D eigenvalue weighted by molar-refractivity contribution is 9.10. The lowest BCUT2D eigenvalue weighted by Crippen LogP contribution is -1.99. The number of hydrogen-bond donors (Lipinski definition) is 2. The minimum atomic E-state index is 0.482. The highest BCUT2D eigenvalue weighted by Crippen LogP contribution is 2.40. The summed E-state index contributed by atoms with van der Waals surface area (Å²) in [6.07, 6.45) is 2.43. The molecule has 0 amide bonds. The van der Waals surface area contributed by atoms with E-state index in [2.05, 4.69) is 36.3 Å². The maximum atomic E-state index is 6.35. The molecule has 2 N–H and O–H groups in total. The second-order valence-corrected chi connectivity index (χ2v) is 6.98. The van der Waals surface area contributed by atoms with Crippen LogP contribution in [-0.4, -0.2) is 25.0 Å². The smallest absolute Gasteiger partial charge is 0.200 e. The Kier molecular flexibility index (Phi) is 3.43. The summed E-state index contributed by atoms with van der Waals surface area (Å²) < 4.78 is 3.19. The Hall–Kier alpha value is -1.44. The molecule has 112 valence electrons. The van der Waals surface area contributed by atoms with Gasteiger partial charge in [-0.15, -0.1) is 0 Å². The summed E-state index contributed by atoms with van der Waals surface area (Å²) in [4.78, 5) is 0. The zero-order valence-electron chi connectivity index (χ0n) is 11.3. The molecule has 0 bridgehead atoms. The molecule has 0 aliphatic heterocycles. The van der Waals surface area contributed by atoms with Gasteiger partial charge >= 0.3 is 0 Å². The van der Waals surface area contributed by atoms with Crippen LogP contribution in [0.15, 0.2) is 28.7 Å². The van der Waals surface area contributed by atoms with Gasteiger partial charge in [0.15, 0.2) is 10.6 Å². The van der Waals surface area contributed by atoms with E-state index in [1.807, 2.05) is 24.3 Å². The van der Waals surface area contributed by atoms with E-state index in [1.54, 1.807) is 4.57 Å². The average molecular weight is 397 g/mol. The van der Waals surface area contributed by atoms with Crippen molar-refractivity contribution in [2.75, 3.05) is 0 Å². The Morgan fingerprint density at radius 2 is 2.05 bits per heavy atom. The zero-order valence-corrected chi connectivity index (χ0v) is 14.5. The monoisotopic (exact) mass is 395 g/mol. The molecule has 4 rings (SSSR count).